The fraction of sp³-hybridized carbons (Fsp3) is 0.267. The highest BCUT2D eigenvalue weighted by Gasteiger charge is 2.39. The molecule has 2 rings (SSSR count). The molecule has 0 aliphatic rings. The number of benzene rings is 1. The summed E-state index contributed by atoms with van der Waals surface area (Å²) < 4.78 is 108. The van der Waals surface area contributed by atoms with Crippen LogP contribution in [0.4, 0.5) is 32.2 Å². The van der Waals surface area contributed by atoms with E-state index in [1.807, 2.05) is 0 Å². The van der Waals surface area contributed by atoms with E-state index in [4.69, 9.17) is 0 Å². The van der Waals surface area contributed by atoms with Gasteiger partial charge in [0.25, 0.3) is 0 Å². The van der Waals surface area contributed by atoms with Gasteiger partial charge in [-0.1, -0.05) is 6.07 Å². The van der Waals surface area contributed by atoms with Crippen molar-refractivity contribution in [1.82, 2.24) is 9.97 Å². The van der Waals surface area contributed by atoms with Crippen LogP contribution in [-0.4, -0.2) is 31.5 Å². The highest BCUT2D eigenvalue weighted by Crippen LogP contribution is 2.38. The number of ether oxygens (including phenoxy) is 1. The molecule has 1 heterocycles. The van der Waals surface area contributed by atoms with Crippen molar-refractivity contribution in [3.05, 3.63) is 53.0 Å². The molecule has 0 fully saturated rings. The van der Waals surface area contributed by atoms with E-state index in [9.17, 15) is 39.6 Å². The Morgan fingerprint density at radius 2 is 1.69 bits per heavy atom. The molecule has 0 saturated carbocycles. The number of nitrogens with one attached hydrogen (secondary N) is 1. The van der Waals surface area contributed by atoms with E-state index in [0.717, 1.165) is 19.5 Å². The molecule has 0 spiro atoms. The van der Waals surface area contributed by atoms with Crippen molar-refractivity contribution in [2.45, 2.75) is 18.1 Å². The van der Waals surface area contributed by atoms with Crippen LogP contribution in [0.1, 0.15) is 27.2 Å². The lowest BCUT2D eigenvalue weighted by atomic mass is 10.0. The monoisotopic (exact) mass is 443 g/mol. The smallest absolute Gasteiger partial charge is 0.416 e. The fourth-order valence-electron chi connectivity index (χ4n) is 2.19. The topological polar surface area (TPSA) is 98.2 Å². The summed E-state index contributed by atoms with van der Waals surface area (Å²) in [6.45, 7) is 0. The highest BCUT2D eigenvalue weighted by atomic mass is 32.2. The standard InChI is InChI=1S/C15H11F6N3O4S/c1-28-13(25)11-12(23-5-4-22-11)24-29(26,27)7-8-2-3-9(14(16,17)18)6-10(8)15(19,20)21/h2-6H,7H2,1H3,(H,23,24). The van der Waals surface area contributed by atoms with E-state index in [2.05, 4.69) is 14.7 Å². The second kappa shape index (κ2) is 7.85. The van der Waals surface area contributed by atoms with Crippen molar-refractivity contribution >= 4 is 21.8 Å². The van der Waals surface area contributed by atoms with Gasteiger partial charge in [0.2, 0.25) is 10.0 Å². The first-order valence-corrected chi connectivity index (χ1v) is 9.07. The average molecular weight is 443 g/mol. The number of halogens is 6. The number of rotatable bonds is 5. The lowest BCUT2D eigenvalue weighted by Gasteiger charge is -2.16. The third-order valence-corrected chi connectivity index (χ3v) is 4.61. The predicted octanol–water partition coefficient (Wildman–Crippen LogP) is 3.24. The molecule has 158 valence electrons. The van der Waals surface area contributed by atoms with Crippen molar-refractivity contribution in [2.24, 2.45) is 0 Å². The lowest BCUT2D eigenvalue weighted by Crippen LogP contribution is -2.21. The Kier molecular flexibility index (Phi) is 6.06. The summed E-state index contributed by atoms with van der Waals surface area (Å²) in [5, 5.41) is 0. The number of carbonyl (C=O) groups is 1. The molecule has 7 nitrogen and oxygen atoms in total. The minimum Gasteiger partial charge on any atom is -0.464 e. The summed E-state index contributed by atoms with van der Waals surface area (Å²) in [5.41, 5.74) is -4.82. The summed E-state index contributed by atoms with van der Waals surface area (Å²) in [4.78, 5) is 18.7. The first-order valence-electron chi connectivity index (χ1n) is 7.42. The van der Waals surface area contributed by atoms with E-state index in [-0.39, 0.29) is 6.07 Å². The van der Waals surface area contributed by atoms with Crippen LogP contribution in [-0.2, 0) is 32.9 Å². The molecule has 0 aliphatic carbocycles. The van der Waals surface area contributed by atoms with E-state index < -0.39 is 62.3 Å². The van der Waals surface area contributed by atoms with Crippen LogP contribution in [0.15, 0.2) is 30.6 Å². The molecule has 1 aromatic carbocycles. The van der Waals surface area contributed by atoms with Gasteiger partial charge in [0.15, 0.2) is 11.5 Å². The second-order valence-corrected chi connectivity index (χ2v) is 7.20. The van der Waals surface area contributed by atoms with Crippen molar-refractivity contribution in [2.75, 3.05) is 11.8 Å². The van der Waals surface area contributed by atoms with Crippen LogP contribution in [0.2, 0.25) is 0 Å². The third kappa shape index (κ3) is 5.56. The number of methoxy groups -OCH3 is 1. The Bertz CT molecular complexity index is 1020. The summed E-state index contributed by atoms with van der Waals surface area (Å²) in [6, 6.07) is 0.581. The number of hydrogen-bond acceptors (Lipinski definition) is 6. The predicted molar refractivity (Wildman–Crippen MR) is 86.1 cm³/mol. The van der Waals surface area contributed by atoms with Gasteiger partial charge in [0.05, 0.1) is 24.0 Å². The van der Waals surface area contributed by atoms with E-state index >= 15 is 0 Å². The van der Waals surface area contributed by atoms with Crippen molar-refractivity contribution in [3.8, 4) is 0 Å². The molecule has 29 heavy (non-hydrogen) atoms. The third-order valence-electron chi connectivity index (χ3n) is 3.42. The Labute approximate surface area is 159 Å². The lowest BCUT2D eigenvalue weighted by molar-refractivity contribution is -0.143. The zero-order valence-corrected chi connectivity index (χ0v) is 15.1. The molecule has 0 unspecified atom stereocenters. The number of anilines is 1. The SMILES string of the molecule is COC(=O)c1nccnc1NS(=O)(=O)Cc1ccc(C(F)(F)F)cc1C(F)(F)F. The summed E-state index contributed by atoms with van der Waals surface area (Å²) in [5.74, 6) is -3.02. The highest BCUT2D eigenvalue weighted by molar-refractivity contribution is 7.91. The number of sulfonamides is 1. The van der Waals surface area contributed by atoms with Gasteiger partial charge in [-0.25, -0.2) is 23.2 Å². The molecule has 0 bridgehead atoms. The maximum atomic E-state index is 13.2. The number of esters is 1. The molecule has 1 aromatic heterocycles. The normalized spacial score (nSPS) is 12.5. The molecule has 1 N–H and O–H groups in total. The van der Waals surface area contributed by atoms with Gasteiger partial charge in [-0.15, -0.1) is 0 Å². The Balaban J connectivity index is 2.42. The minimum absolute atomic E-state index is 0.174. The maximum Gasteiger partial charge on any atom is 0.416 e. The fourth-order valence-corrected chi connectivity index (χ4v) is 3.37. The second-order valence-electron chi connectivity index (χ2n) is 5.47. The number of nitrogens with zero attached hydrogens (tertiary/aromatic N) is 2. The Morgan fingerprint density at radius 1 is 1.07 bits per heavy atom. The van der Waals surface area contributed by atoms with Gasteiger partial charge in [0, 0.05) is 12.4 Å². The van der Waals surface area contributed by atoms with Crippen LogP contribution < -0.4 is 4.72 Å². The molecule has 0 radical (unpaired) electrons. The van der Waals surface area contributed by atoms with E-state index in [1.54, 1.807) is 4.72 Å². The van der Waals surface area contributed by atoms with Crippen LogP contribution in [0.3, 0.4) is 0 Å². The van der Waals surface area contributed by atoms with Crippen molar-refractivity contribution in [1.29, 1.82) is 0 Å². The maximum absolute atomic E-state index is 13.2. The van der Waals surface area contributed by atoms with Gasteiger partial charge < -0.3 is 4.74 Å². The van der Waals surface area contributed by atoms with Crippen LogP contribution in [0, 0.1) is 0 Å². The summed E-state index contributed by atoms with van der Waals surface area (Å²) in [6.07, 6.45) is -8.24. The zero-order valence-electron chi connectivity index (χ0n) is 14.3. The number of hydrogen-bond donors (Lipinski definition) is 1. The van der Waals surface area contributed by atoms with E-state index in [0.29, 0.717) is 12.1 Å². The molecular weight excluding hydrogens is 432 g/mol. The summed E-state index contributed by atoms with van der Waals surface area (Å²) in [7, 11) is -3.65. The van der Waals surface area contributed by atoms with Crippen molar-refractivity contribution in [3.63, 3.8) is 0 Å². The van der Waals surface area contributed by atoms with Gasteiger partial charge in [-0.2, -0.15) is 26.3 Å². The van der Waals surface area contributed by atoms with Crippen LogP contribution in [0.5, 0.6) is 0 Å². The zero-order chi connectivity index (χ0) is 22.0. The molecule has 14 heteroatoms. The van der Waals surface area contributed by atoms with Gasteiger partial charge in [-0.3, -0.25) is 4.72 Å². The van der Waals surface area contributed by atoms with Gasteiger partial charge in [-0.05, 0) is 17.7 Å². The van der Waals surface area contributed by atoms with Crippen molar-refractivity contribution < 1.29 is 44.3 Å². The average Bonchev–Trinajstić information content (AvgIpc) is 2.59. The number of alkyl halides is 6. The largest absolute Gasteiger partial charge is 0.464 e. The van der Waals surface area contributed by atoms with Crippen LogP contribution >= 0.6 is 0 Å². The molecule has 0 amide bonds. The van der Waals surface area contributed by atoms with Gasteiger partial charge >= 0.3 is 18.3 Å². The summed E-state index contributed by atoms with van der Waals surface area (Å²) >= 11 is 0. The number of carbonyl (C=O) groups excluding carboxylic acids is 1. The molecular formula is C15H11F6N3O4S. The Morgan fingerprint density at radius 3 is 2.24 bits per heavy atom. The van der Waals surface area contributed by atoms with Crippen LogP contribution in [0.25, 0.3) is 0 Å². The quantitative estimate of drug-likeness (QED) is 0.563. The van der Waals surface area contributed by atoms with E-state index in [1.165, 1.54) is 0 Å². The minimum atomic E-state index is -5.24. The Hall–Kier alpha value is -2.90. The first-order chi connectivity index (χ1) is 13.2. The molecule has 2 aromatic rings. The first kappa shape index (κ1) is 22.4. The molecule has 0 atom stereocenters. The van der Waals surface area contributed by atoms with Gasteiger partial charge in [0.1, 0.15) is 0 Å². The molecule has 0 aliphatic heterocycles. The molecule has 0 saturated heterocycles. The number of aromatic nitrogens is 2.